The van der Waals surface area contributed by atoms with Gasteiger partial charge in [-0.05, 0) is 71.5 Å². The highest BCUT2D eigenvalue weighted by Crippen LogP contribution is 2.26. The third-order valence-corrected chi connectivity index (χ3v) is 5.55. The molecule has 1 aliphatic rings. The molecule has 1 unspecified atom stereocenters. The van der Waals surface area contributed by atoms with Gasteiger partial charge in [-0.1, -0.05) is 18.2 Å². The van der Waals surface area contributed by atoms with Crippen LogP contribution < -0.4 is 5.32 Å². The van der Waals surface area contributed by atoms with Gasteiger partial charge in [-0.3, -0.25) is 9.88 Å². The molecule has 3 nitrogen and oxygen atoms in total. The van der Waals surface area contributed by atoms with Gasteiger partial charge in [0.2, 0.25) is 0 Å². The molecule has 2 heterocycles. The Labute approximate surface area is 170 Å². The van der Waals surface area contributed by atoms with Gasteiger partial charge < -0.3 is 5.32 Å². The van der Waals surface area contributed by atoms with Gasteiger partial charge in [0.05, 0.1) is 0 Å². The van der Waals surface area contributed by atoms with Crippen molar-refractivity contribution >= 4 is 0 Å². The number of hydrogen-bond donors (Lipinski definition) is 1. The van der Waals surface area contributed by atoms with Crippen molar-refractivity contribution in [1.82, 2.24) is 15.2 Å². The molecule has 1 aliphatic heterocycles. The third kappa shape index (κ3) is 5.25. The first-order valence-electron chi connectivity index (χ1n) is 10.0. The molecule has 29 heavy (non-hydrogen) atoms. The summed E-state index contributed by atoms with van der Waals surface area (Å²) in [6, 6.07) is 16.2. The molecule has 150 valence electrons. The fourth-order valence-electron chi connectivity index (χ4n) is 3.98. The molecule has 3 aromatic rings. The standard InChI is InChI=1S/C24H25F2N3/c25-22-4-1-18(2-5-22)13-24-15-20-3-6-23(26)14-21(20)17-29(24)12-11-28-16-19-7-9-27-10-8-19/h1-10,14,24,28H,11-13,15-17H2. The Morgan fingerprint density at radius 3 is 2.45 bits per heavy atom. The van der Waals surface area contributed by atoms with Crippen LogP contribution in [-0.4, -0.2) is 29.0 Å². The van der Waals surface area contributed by atoms with E-state index in [1.54, 1.807) is 24.5 Å². The summed E-state index contributed by atoms with van der Waals surface area (Å²) in [4.78, 5) is 6.45. The Bertz CT molecular complexity index is 929. The summed E-state index contributed by atoms with van der Waals surface area (Å²) in [5.74, 6) is -0.396. The number of hydrogen-bond acceptors (Lipinski definition) is 3. The molecule has 1 N–H and O–H groups in total. The van der Waals surface area contributed by atoms with Gasteiger partial charge in [0, 0.05) is 44.6 Å². The van der Waals surface area contributed by atoms with Crippen molar-refractivity contribution in [3.8, 4) is 0 Å². The summed E-state index contributed by atoms with van der Waals surface area (Å²) < 4.78 is 27.0. The monoisotopic (exact) mass is 393 g/mol. The Hall–Kier alpha value is -2.63. The smallest absolute Gasteiger partial charge is 0.123 e. The molecule has 0 aliphatic carbocycles. The lowest BCUT2D eigenvalue weighted by Gasteiger charge is -2.37. The van der Waals surface area contributed by atoms with Crippen molar-refractivity contribution in [2.75, 3.05) is 13.1 Å². The van der Waals surface area contributed by atoms with E-state index in [0.717, 1.165) is 50.1 Å². The SMILES string of the molecule is Fc1ccc(CC2Cc3ccc(F)cc3CN2CCNCc2ccncc2)cc1. The maximum absolute atomic E-state index is 13.7. The second kappa shape index (κ2) is 9.25. The first-order chi connectivity index (χ1) is 14.2. The maximum atomic E-state index is 13.7. The number of rotatable bonds is 7. The minimum atomic E-state index is -0.213. The number of fused-ring (bicyclic) bond motifs is 1. The Morgan fingerprint density at radius 1 is 0.897 bits per heavy atom. The summed E-state index contributed by atoms with van der Waals surface area (Å²) in [6.07, 6.45) is 5.32. The Balaban J connectivity index is 1.42. The highest BCUT2D eigenvalue weighted by molar-refractivity contribution is 5.32. The summed E-state index contributed by atoms with van der Waals surface area (Å²) in [5.41, 5.74) is 4.60. The van der Waals surface area contributed by atoms with Gasteiger partial charge in [-0.2, -0.15) is 0 Å². The Kier molecular flexibility index (Phi) is 6.27. The van der Waals surface area contributed by atoms with Crippen molar-refractivity contribution in [2.24, 2.45) is 0 Å². The molecular weight excluding hydrogens is 368 g/mol. The van der Waals surface area contributed by atoms with Crippen LogP contribution in [0.3, 0.4) is 0 Å². The highest BCUT2D eigenvalue weighted by Gasteiger charge is 2.26. The van der Waals surface area contributed by atoms with E-state index in [0.29, 0.717) is 6.04 Å². The van der Waals surface area contributed by atoms with E-state index in [1.165, 1.54) is 23.3 Å². The van der Waals surface area contributed by atoms with E-state index in [-0.39, 0.29) is 11.6 Å². The van der Waals surface area contributed by atoms with Crippen molar-refractivity contribution in [3.63, 3.8) is 0 Å². The fraction of sp³-hybridized carbons (Fsp3) is 0.292. The Morgan fingerprint density at radius 2 is 1.66 bits per heavy atom. The molecule has 0 radical (unpaired) electrons. The van der Waals surface area contributed by atoms with Crippen LogP contribution in [0.4, 0.5) is 8.78 Å². The predicted molar refractivity (Wildman–Crippen MR) is 110 cm³/mol. The van der Waals surface area contributed by atoms with E-state index < -0.39 is 0 Å². The summed E-state index contributed by atoms with van der Waals surface area (Å²) in [7, 11) is 0. The molecule has 5 heteroatoms. The van der Waals surface area contributed by atoms with Crippen molar-refractivity contribution in [2.45, 2.75) is 32.0 Å². The summed E-state index contributed by atoms with van der Waals surface area (Å²) in [5, 5.41) is 3.48. The zero-order chi connectivity index (χ0) is 20.1. The van der Waals surface area contributed by atoms with E-state index in [9.17, 15) is 8.78 Å². The van der Waals surface area contributed by atoms with Crippen LogP contribution in [0.25, 0.3) is 0 Å². The topological polar surface area (TPSA) is 28.2 Å². The summed E-state index contributed by atoms with van der Waals surface area (Å²) >= 11 is 0. The zero-order valence-corrected chi connectivity index (χ0v) is 16.3. The second-order valence-electron chi connectivity index (χ2n) is 7.60. The van der Waals surface area contributed by atoms with Gasteiger partial charge in [0.15, 0.2) is 0 Å². The van der Waals surface area contributed by atoms with E-state index in [2.05, 4.69) is 15.2 Å². The molecular formula is C24H25F2N3. The molecule has 0 saturated carbocycles. The van der Waals surface area contributed by atoms with Crippen LogP contribution in [0, 0.1) is 11.6 Å². The molecule has 0 saturated heterocycles. The molecule has 0 fully saturated rings. The quantitative estimate of drug-likeness (QED) is 0.612. The lowest BCUT2D eigenvalue weighted by Crippen LogP contribution is -2.44. The van der Waals surface area contributed by atoms with Crippen LogP contribution >= 0.6 is 0 Å². The zero-order valence-electron chi connectivity index (χ0n) is 16.3. The molecule has 1 aromatic heterocycles. The normalized spacial score (nSPS) is 16.6. The molecule has 2 aromatic carbocycles. The van der Waals surface area contributed by atoms with Gasteiger partial charge in [-0.25, -0.2) is 8.78 Å². The van der Waals surface area contributed by atoms with Crippen molar-refractivity contribution < 1.29 is 8.78 Å². The van der Waals surface area contributed by atoms with Crippen LogP contribution in [0.5, 0.6) is 0 Å². The number of nitrogens with one attached hydrogen (secondary N) is 1. The van der Waals surface area contributed by atoms with Crippen molar-refractivity contribution in [1.29, 1.82) is 0 Å². The first kappa shape index (κ1) is 19.7. The minimum absolute atomic E-state index is 0.184. The highest BCUT2D eigenvalue weighted by atomic mass is 19.1. The van der Waals surface area contributed by atoms with Crippen molar-refractivity contribution in [3.05, 3.63) is 101 Å². The van der Waals surface area contributed by atoms with Crippen LogP contribution in [0.1, 0.15) is 22.3 Å². The minimum Gasteiger partial charge on any atom is -0.311 e. The second-order valence-corrected chi connectivity index (χ2v) is 7.60. The molecule has 4 rings (SSSR count). The van der Waals surface area contributed by atoms with Gasteiger partial charge in [-0.15, -0.1) is 0 Å². The van der Waals surface area contributed by atoms with Crippen LogP contribution in [0.2, 0.25) is 0 Å². The number of benzene rings is 2. The number of aromatic nitrogens is 1. The number of halogens is 2. The lowest BCUT2D eigenvalue weighted by molar-refractivity contribution is 0.170. The van der Waals surface area contributed by atoms with Gasteiger partial charge >= 0.3 is 0 Å². The predicted octanol–water partition coefficient (Wildman–Crippen LogP) is 4.12. The van der Waals surface area contributed by atoms with Gasteiger partial charge in [0.1, 0.15) is 11.6 Å². The number of pyridine rings is 1. The average Bonchev–Trinajstić information content (AvgIpc) is 2.74. The molecule has 1 atom stereocenters. The number of nitrogens with zero attached hydrogens (tertiary/aromatic N) is 2. The fourth-order valence-corrected chi connectivity index (χ4v) is 3.98. The van der Waals surface area contributed by atoms with E-state index in [4.69, 9.17) is 0 Å². The van der Waals surface area contributed by atoms with Crippen LogP contribution in [0.15, 0.2) is 67.0 Å². The van der Waals surface area contributed by atoms with Gasteiger partial charge in [0.25, 0.3) is 0 Å². The molecule has 0 bridgehead atoms. The largest absolute Gasteiger partial charge is 0.311 e. The average molecular weight is 393 g/mol. The first-order valence-corrected chi connectivity index (χ1v) is 10.0. The lowest BCUT2D eigenvalue weighted by atomic mass is 9.90. The van der Waals surface area contributed by atoms with E-state index >= 15 is 0 Å². The molecule has 0 amide bonds. The van der Waals surface area contributed by atoms with E-state index in [1.807, 2.05) is 30.3 Å². The summed E-state index contributed by atoms with van der Waals surface area (Å²) in [6.45, 7) is 3.24. The van der Waals surface area contributed by atoms with Crippen LogP contribution in [-0.2, 0) is 25.9 Å². The maximum Gasteiger partial charge on any atom is 0.123 e. The molecule has 0 spiro atoms. The third-order valence-electron chi connectivity index (χ3n) is 5.55.